The van der Waals surface area contributed by atoms with E-state index in [9.17, 15) is 55.9 Å². The van der Waals surface area contributed by atoms with Crippen molar-refractivity contribution in [3.8, 4) is 11.5 Å². The third-order valence-corrected chi connectivity index (χ3v) is 7.68. The lowest BCUT2D eigenvalue weighted by molar-refractivity contribution is -0.384. The Morgan fingerprint density at radius 1 is 0.932 bits per heavy atom. The summed E-state index contributed by atoms with van der Waals surface area (Å²) in [5.41, 5.74) is -2.85. The number of fused-ring (bicyclic) bond motifs is 1. The lowest BCUT2D eigenvalue weighted by Crippen LogP contribution is -2.17. The predicted octanol–water partition coefficient (Wildman–Crippen LogP) is 4.32. The summed E-state index contributed by atoms with van der Waals surface area (Å²) in [6.45, 7) is 0. The van der Waals surface area contributed by atoms with Gasteiger partial charge in [0, 0.05) is 11.5 Å². The Morgan fingerprint density at radius 2 is 1.59 bits per heavy atom. The Hall–Kier alpha value is -5.50. The van der Waals surface area contributed by atoms with Crippen molar-refractivity contribution in [3.63, 3.8) is 0 Å². The van der Waals surface area contributed by atoms with Gasteiger partial charge in [-0.15, -0.1) is 10.2 Å². The number of phenolic OH excluding ortho intramolecular Hbond substituents is 1. The SMILES string of the molecule is COc1cc([N+](=O)[O-])ccc1N=Nc1c(S(=O)(=O)O)cc2cc(S(=O)(=O)O)cc(NC(=O)c3ccccc3C(=O)O)c2c1O. The first kappa shape index (κ1) is 31.4. The van der Waals surface area contributed by atoms with Gasteiger partial charge in [-0.1, -0.05) is 12.1 Å². The number of carbonyl (C=O) groups is 2. The summed E-state index contributed by atoms with van der Waals surface area (Å²) in [6, 6.07) is 10.1. The summed E-state index contributed by atoms with van der Waals surface area (Å²) in [6.07, 6.45) is 0. The van der Waals surface area contributed by atoms with E-state index in [1.807, 2.05) is 0 Å². The van der Waals surface area contributed by atoms with Crippen LogP contribution in [0.1, 0.15) is 20.7 Å². The van der Waals surface area contributed by atoms with Gasteiger partial charge in [0.05, 0.1) is 39.8 Å². The first-order chi connectivity index (χ1) is 20.5. The maximum Gasteiger partial charge on any atom is 0.336 e. The molecule has 0 radical (unpaired) electrons. The van der Waals surface area contributed by atoms with E-state index >= 15 is 0 Å². The van der Waals surface area contributed by atoms with Crippen LogP contribution < -0.4 is 10.1 Å². The number of non-ortho nitro benzene ring substituents is 1. The van der Waals surface area contributed by atoms with Crippen molar-refractivity contribution >= 4 is 65.6 Å². The molecule has 0 spiro atoms. The van der Waals surface area contributed by atoms with Gasteiger partial charge in [0.1, 0.15) is 16.3 Å². The number of nitro benzene ring substituents is 1. The molecule has 4 aromatic carbocycles. The third-order valence-electron chi connectivity index (χ3n) is 5.98. The number of carboxylic acid groups (broad SMARTS) is 1. The monoisotopic (exact) mass is 646 g/mol. The molecule has 228 valence electrons. The minimum Gasteiger partial charge on any atom is -0.505 e. The highest BCUT2D eigenvalue weighted by Gasteiger charge is 2.27. The molecule has 0 heterocycles. The molecule has 0 atom stereocenters. The number of nitrogens with zero attached hydrogens (tertiary/aromatic N) is 3. The maximum atomic E-state index is 13.1. The minimum atomic E-state index is -5.23. The molecule has 0 fully saturated rings. The van der Waals surface area contributed by atoms with E-state index < -0.39 is 80.3 Å². The summed E-state index contributed by atoms with van der Waals surface area (Å²) < 4.78 is 73.2. The van der Waals surface area contributed by atoms with Crippen LogP contribution in [0.4, 0.5) is 22.7 Å². The number of nitrogens with one attached hydrogen (secondary N) is 1. The summed E-state index contributed by atoms with van der Waals surface area (Å²) in [7, 11) is -9.09. The molecule has 0 saturated heterocycles. The van der Waals surface area contributed by atoms with Crippen LogP contribution in [0.2, 0.25) is 0 Å². The fraction of sp³-hybridized carbons (Fsp3) is 0.0400. The Kier molecular flexibility index (Phi) is 8.32. The number of ether oxygens (including phenoxy) is 1. The average molecular weight is 647 g/mol. The lowest BCUT2D eigenvalue weighted by Gasteiger charge is -2.15. The van der Waals surface area contributed by atoms with E-state index in [1.165, 1.54) is 12.1 Å². The average Bonchev–Trinajstić information content (AvgIpc) is 2.95. The number of rotatable bonds is 9. The number of anilines is 1. The normalized spacial score (nSPS) is 11.9. The molecule has 0 aromatic heterocycles. The number of amides is 1. The van der Waals surface area contributed by atoms with Crippen LogP contribution in [0, 0.1) is 10.1 Å². The number of hydrogen-bond acceptors (Lipinski definition) is 12. The zero-order valence-corrected chi connectivity index (χ0v) is 23.5. The predicted molar refractivity (Wildman–Crippen MR) is 150 cm³/mol. The van der Waals surface area contributed by atoms with Crippen LogP contribution in [0.5, 0.6) is 11.5 Å². The summed E-state index contributed by atoms with van der Waals surface area (Å²) in [4.78, 5) is 33.1. The molecule has 44 heavy (non-hydrogen) atoms. The van der Waals surface area contributed by atoms with Crippen LogP contribution in [-0.4, -0.2) is 60.1 Å². The number of methoxy groups -OCH3 is 1. The smallest absolute Gasteiger partial charge is 0.336 e. The van der Waals surface area contributed by atoms with Crippen molar-refractivity contribution in [2.45, 2.75) is 9.79 Å². The molecular weight excluding hydrogens is 628 g/mol. The van der Waals surface area contributed by atoms with Crippen molar-refractivity contribution in [2.24, 2.45) is 10.2 Å². The number of carbonyl (C=O) groups excluding carboxylic acids is 1. The first-order valence-electron chi connectivity index (χ1n) is 11.7. The summed E-state index contributed by atoms with van der Waals surface area (Å²) in [5.74, 6) is -3.82. The minimum absolute atomic E-state index is 0.181. The van der Waals surface area contributed by atoms with Crippen LogP contribution in [0.15, 0.2) is 80.7 Å². The third kappa shape index (κ3) is 6.29. The fourth-order valence-corrected chi connectivity index (χ4v) is 5.22. The molecule has 0 unspecified atom stereocenters. The molecule has 0 aliphatic rings. The van der Waals surface area contributed by atoms with Gasteiger partial charge in [-0.05, 0) is 41.8 Å². The van der Waals surface area contributed by atoms with Crippen LogP contribution >= 0.6 is 0 Å². The van der Waals surface area contributed by atoms with Gasteiger partial charge in [-0.25, -0.2) is 4.79 Å². The zero-order valence-electron chi connectivity index (χ0n) is 21.9. The fourth-order valence-electron chi connectivity index (χ4n) is 4.02. The Bertz CT molecular complexity index is 2130. The highest BCUT2D eigenvalue weighted by atomic mass is 32.2. The quantitative estimate of drug-likeness (QED) is 0.0734. The van der Waals surface area contributed by atoms with Gasteiger partial charge in [0.2, 0.25) is 0 Å². The molecule has 0 aliphatic carbocycles. The van der Waals surface area contributed by atoms with Crippen molar-refractivity contribution in [2.75, 3.05) is 12.4 Å². The molecule has 19 heteroatoms. The van der Waals surface area contributed by atoms with Gasteiger partial charge in [-0.2, -0.15) is 16.8 Å². The Balaban J connectivity index is 2.00. The number of phenols is 1. The second-order valence-corrected chi connectivity index (χ2v) is 11.5. The zero-order chi connectivity index (χ0) is 32.6. The first-order valence-corrected chi connectivity index (χ1v) is 14.6. The van der Waals surface area contributed by atoms with Crippen molar-refractivity contribution in [3.05, 3.63) is 81.9 Å². The second kappa shape index (κ2) is 11.6. The van der Waals surface area contributed by atoms with Crippen molar-refractivity contribution in [1.29, 1.82) is 0 Å². The standard InChI is InChI=1S/C25H18N4O13S2/c1-42-19-10-13(29(34)35)6-7-17(19)27-28-22-20(44(39,40)41)9-12-8-14(43(36,37)38)11-18(21(12)23(22)30)26-24(31)15-4-2-3-5-16(15)25(32)33/h2-11,30H,1H3,(H,26,31)(H,32,33)(H,36,37,38)(H,39,40,41). The van der Waals surface area contributed by atoms with Gasteiger partial charge in [-0.3, -0.25) is 24.0 Å². The highest BCUT2D eigenvalue weighted by molar-refractivity contribution is 7.86. The van der Waals surface area contributed by atoms with Crippen molar-refractivity contribution in [1.82, 2.24) is 0 Å². The number of carboxylic acids is 1. The van der Waals surface area contributed by atoms with Crippen LogP contribution in [-0.2, 0) is 20.2 Å². The van der Waals surface area contributed by atoms with E-state index in [0.29, 0.717) is 12.1 Å². The molecule has 17 nitrogen and oxygen atoms in total. The number of aromatic hydroxyl groups is 1. The molecule has 1 amide bonds. The molecule has 0 aliphatic heterocycles. The van der Waals surface area contributed by atoms with E-state index in [0.717, 1.165) is 43.5 Å². The number of hydrogen-bond donors (Lipinski definition) is 5. The van der Waals surface area contributed by atoms with E-state index in [-0.39, 0.29) is 22.7 Å². The van der Waals surface area contributed by atoms with Crippen LogP contribution in [0.25, 0.3) is 10.8 Å². The lowest BCUT2D eigenvalue weighted by atomic mass is 10.0. The largest absolute Gasteiger partial charge is 0.505 e. The van der Waals surface area contributed by atoms with E-state index in [2.05, 4.69) is 15.5 Å². The summed E-state index contributed by atoms with van der Waals surface area (Å²) in [5, 5.41) is 40.5. The maximum absolute atomic E-state index is 13.1. The van der Waals surface area contributed by atoms with Crippen molar-refractivity contribution < 1.29 is 55.4 Å². The highest BCUT2D eigenvalue weighted by Crippen LogP contribution is 2.46. The number of benzene rings is 4. The van der Waals surface area contributed by atoms with Gasteiger partial charge in [0.15, 0.2) is 11.5 Å². The Labute approximate surface area is 246 Å². The van der Waals surface area contributed by atoms with Gasteiger partial charge < -0.3 is 20.3 Å². The van der Waals surface area contributed by atoms with Crippen LogP contribution in [0.3, 0.4) is 0 Å². The molecule has 4 rings (SSSR count). The number of nitro groups is 1. The molecular formula is C25H18N4O13S2. The van der Waals surface area contributed by atoms with E-state index in [4.69, 9.17) is 4.74 Å². The van der Waals surface area contributed by atoms with E-state index in [1.54, 1.807) is 0 Å². The molecule has 4 aromatic rings. The van der Waals surface area contributed by atoms with Gasteiger partial charge >= 0.3 is 5.97 Å². The van der Waals surface area contributed by atoms with Gasteiger partial charge in [0.25, 0.3) is 31.8 Å². The number of azo groups is 1. The Morgan fingerprint density at radius 3 is 2.16 bits per heavy atom. The molecule has 0 bridgehead atoms. The molecule has 5 N–H and O–H groups in total. The second-order valence-electron chi connectivity index (χ2n) is 8.71. The summed E-state index contributed by atoms with van der Waals surface area (Å²) >= 11 is 0. The topological polar surface area (TPSA) is 272 Å². The molecule has 0 saturated carbocycles. The number of aromatic carboxylic acids is 1.